The zero-order chi connectivity index (χ0) is 11.0. The van der Waals surface area contributed by atoms with Crippen LogP contribution in [0, 0.1) is 0 Å². The van der Waals surface area contributed by atoms with E-state index in [0.29, 0.717) is 12.6 Å². The average molecular weight is 202 g/mol. The molecule has 1 atom stereocenters. The molecule has 0 aliphatic rings. The molecule has 86 valence electrons. The van der Waals surface area contributed by atoms with Crippen LogP contribution in [0.2, 0.25) is 0 Å². The SMILES string of the molecule is CCCN(CC(O)CNCC)C(C)C. The molecule has 0 saturated carbocycles. The summed E-state index contributed by atoms with van der Waals surface area (Å²) in [7, 11) is 0. The molecular weight excluding hydrogens is 176 g/mol. The van der Waals surface area contributed by atoms with Crippen LogP contribution >= 0.6 is 0 Å². The highest BCUT2D eigenvalue weighted by Gasteiger charge is 2.12. The van der Waals surface area contributed by atoms with Crippen LogP contribution in [0.15, 0.2) is 0 Å². The second kappa shape index (κ2) is 8.21. The molecule has 0 saturated heterocycles. The molecule has 1 unspecified atom stereocenters. The number of rotatable bonds is 8. The first-order valence-corrected chi connectivity index (χ1v) is 5.74. The van der Waals surface area contributed by atoms with Crippen LogP contribution in [0.3, 0.4) is 0 Å². The van der Waals surface area contributed by atoms with Gasteiger partial charge in [0.25, 0.3) is 0 Å². The molecule has 2 N–H and O–H groups in total. The minimum atomic E-state index is -0.246. The fourth-order valence-electron chi connectivity index (χ4n) is 1.49. The van der Waals surface area contributed by atoms with Gasteiger partial charge in [0.05, 0.1) is 6.10 Å². The van der Waals surface area contributed by atoms with E-state index in [1.807, 2.05) is 0 Å². The van der Waals surface area contributed by atoms with Crippen LogP contribution in [0.1, 0.15) is 34.1 Å². The lowest BCUT2D eigenvalue weighted by Crippen LogP contribution is -2.41. The van der Waals surface area contributed by atoms with Crippen molar-refractivity contribution in [3.8, 4) is 0 Å². The first-order chi connectivity index (χ1) is 6.61. The molecule has 0 aliphatic heterocycles. The van der Waals surface area contributed by atoms with Gasteiger partial charge in [-0.3, -0.25) is 4.90 Å². The van der Waals surface area contributed by atoms with Crippen LogP contribution in [-0.2, 0) is 0 Å². The first-order valence-electron chi connectivity index (χ1n) is 5.74. The Balaban J connectivity index is 3.77. The predicted molar refractivity (Wildman–Crippen MR) is 61.6 cm³/mol. The maximum absolute atomic E-state index is 9.72. The van der Waals surface area contributed by atoms with Crippen LogP contribution in [0.5, 0.6) is 0 Å². The van der Waals surface area contributed by atoms with E-state index < -0.39 is 0 Å². The largest absolute Gasteiger partial charge is 0.390 e. The summed E-state index contributed by atoms with van der Waals surface area (Å²) >= 11 is 0. The third-order valence-electron chi connectivity index (χ3n) is 2.32. The fourth-order valence-corrected chi connectivity index (χ4v) is 1.49. The predicted octanol–water partition coefficient (Wildman–Crippen LogP) is 1.08. The zero-order valence-electron chi connectivity index (χ0n) is 10.1. The highest BCUT2D eigenvalue weighted by Crippen LogP contribution is 2.01. The van der Waals surface area contributed by atoms with Crippen molar-refractivity contribution >= 4 is 0 Å². The van der Waals surface area contributed by atoms with Crippen molar-refractivity contribution in [3.05, 3.63) is 0 Å². The van der Waals surface area contributed by atoms with Crippen molar-refractivity contribution in [1.29, 1.82) is 0 Å². The van der Waals surface area contributed by atoms with Gasteiger partial charge in [0.2, 0.25) is 0 Å². The molecule has 0 fully saturated rings. The zero-order valence-corrected chi connectivity index (χ0v) is 10.1. The number of aliphatic hydroxyl groups excluding tert-OH is 1. The van der Waals surface area contributed by atoms with Gasteiger partial charge >= 0.3 is 0 Å². The Bertz CT molecular complexity index is 128. The van der Waals surface area contributed by atoms with E-state index in [1.165, 1.54) is 0 Å². The molecule has 0 aromatic heterocycles. The van der Waals surface area contributed by atoms with Crippen molar-refractivity contribution in [2.45, 2.75) is 46.3 Å². The summed E-state index contributed by atoms with van der Waals surface area (Å²) in [6.07, 6.45) is 0.899. The first kappa shape index (κ1) is 13.9. The molecule has 0 spiro atoms. The highest BCUT2D eigenvalue weighted by molar-refractivity contribution is 4.69. The van der Waals surface area contributed by atoms with Crippen LogP contribution < -0.4 is 5.32 Å². The van der Waals surface area contributed by atoms with Gasteiger partial charge in [-0.25, -0.2) is 0 Å². The number of aliphatic hydroxyl groups is 1. The normalized spacial score (nSPS) is 13.9. The van der Waals surface area contributed by atoms with Gasteiger partial charge in [0.1, 0.15) is 0 Å². The van der Waals surface area contributed by atoms with Gasteiger partial charge in [0, 0.05) is 19.1 Å². The molecule has 0 aromatic rings. The number of likely N-dealkylation sites (N-methyl/N-ethyl adjacent to an activating group) is 1. The Morgan fingerprint density at radius 1 is 1.29 bits per heavy atom. The number of hydrogen-bond donors (Lipinski definition) is 2. The Morgan fingerprint density at radius 2 is 1.93 bits per heavy atom. The summed E-state index contributed by atoms with van der Waals surface area (Å²) in [5.74, 6) is 0. The molecule has 14 heavy (non-hydrogen) atoms. The molecule has 0 bridgehead atoms. The summed E-state index contributed by atoms with van der Waals surface area (Å²) in [4.78, 5) is 2.32. The van der Waals surface area contributed by atoms with Crippen molar-refractivity contribution in [2.24, 2.45) is 0 Å². The summed E-state index contributed by atoms with van der Waals surface area (Å²) in [6.45, 7) is 12.0. The second-order valence-corrected chi connectivity index (χ2v) is 4.05. The van der Waals surface area contributed by atoms with Crippen LogP contribution in [-0.4, -0.2) is 48.3 Å². The molecule has 3 heteroatoms. The third-order valence-corrected chi connectivity index (χ3v) is 2.32. The van der Waals surface area contributed by atoms with E-state index in [1.54, 1.807) is 0 Å². The Hall–Kier alpha value is -0.120. The van der Waals surface area contributed by atoms with Crippen molar-refractivity contribution in [2.75, 3.05) is 26.2 Å². The quantitative estimate of drug-likeness (QED) is 0.618. The van der Waals surface area contributed by atoms with Crippen molar-refractivity contribution in [1.82, 2.24) is 10.2 Å². The maximum Gasteiger partial charge on any atom is 0.0791 e. The fraction of sp³-hybridized carbons (Fsp3) is 1.00. The van der Waals surface area contributed by atoms with Gasteiger partial charge < -0.3 is 10.4 Å². The Kier molecular flexibility index (Phi) is 8.14. The standard InChI is InChI=1S/C11H26N2O/c1-5-7-13(10(3)4)9-11(14)8-12-6-2/h10-12,14H,5-9H2,1-4H3. The van der Waals surface area contributed by atoms with Gasteiger partial charge in [-0.05, 0) is 33.4 Å². The second-order valence-electron chi connectivity index (χ2n) is 4.05. The van der Waals surface area contributed by atoms with Gasteiger partial charge in [-0.15, -0.1) is 0 Å². The van der Waals surface area contributed by atoms with Gasteiger partial charge in [-0.2, -0.15) is 0 Å². The third kappa shape index (κ3) is 6.35. The monoisotopic (exact) mass is 202 g/mol. The lowest BCUT2D eigenvalue weighted by Gasteiger charge is -2.28. The molecule has 0 radical (unpaired) electrons. The lowest BCUT2D eigenvalue weighted by molar-refractivity contribution is 0.0950. The maximum atomic E-state index is 9.72. The van der Waals surface area contributed by atoms with Gasteiger partial charge in [-0.1, -0.05) is 13.8 Å². The molecule has 0 aliphatic carbocycles. The average Bonchev–Trinajstić information content (AvgIpc) is 2.14. The number of nitrogens with one attached hydrogen (secondary N) is 1. The molecule has 3 nitrogen and oxygen atoms in total. The molecular formula is C11H26N2O. The lowest BCUT2D eigenvalue weighted by atomic mass is 10.2. The Labute approximate surface area is 88.5 Å². The van der Waals surface area contributed by atoms with E-state index in [-0.39, 0.29) is 6.10 Å². The summed E-state index contributed by atoms with van der Waals surface area (Å²) < 4.78 is 0. The highest BCUT2D eigenvalue weighted by atomic mass is 16.3. The Morgan fingerprint density at radius 3 is 2.36 bits per heavy atom. The summed E-state index contributed by atoms with van der Waals surface area (Å²) in [5.41, 5.74) is 0. The molecule has 0 heterocycles. The molecule has 0 rings (SSSR count). The van der Waals surface area contributed by atoms with Crippen LogP contribution in [0.4, 0.5) is 0 Å². The van der Waals surface area contributed by atoms with Crippen molar-refractivity contribution < 1.29 is 5.11 Å². The minimum absolute atomic E-state index is 0.246. The summed E-state index contributed by atoms with van der Waals surface area (Å²) in [5, 5.41) is 12.9. The van der Waals surface area contributed by atoms with E-state index in [4.69, 9.17) is 0 Å². The van der Waals surface area contributed by atoms with E-state index in [0.717, 1.165) is 26.1 Å². The van der Waals surface area contributed by atoms with Crippen LogP contribution in [0.25, 0.3) is 0 Å². The number of hydrogen-bond acceptors (Lipinski definition) is 3. The molecule has 0 amide bonds. The van der Waals surface area contributed by atoms with E-state index >= 15 is 0 Å². The number of nitrogens with zero attached hydrogens (tertiary/aromatic N) is 1. The minimum Gasteiger partial charge on any atom is -0.390 e. The van der Waals surface area contributed by atoms with Gasteiger partial charge in [0.15, 0.2) is 0 Å². The van der Waals surface area contributed by atoms with E-state index in [2.05, 4.69) is 37.9 Å². The topological polar surface area (TPSA) is 35.5 Å². The summed E-state index contributed by atoms with van der Waals surface area (Å²) in [6, 6.07) is 0.520. The smallest absolute Gasteiger partial charge is 0.0791 e. The van der Waals surface area contributed by atoms with E-state index in [9.17, 15) is 5.11 Å². The molecule has 0 aromatic carbocycles. The van der Waals surface area contributed by atoms with Crippen molar-refractivity contribution in [3.63, 3.8) is 0 Å².